The molecule has 1 atom stereocenters. The fourth-order valence-corrected chi connectivity index (χ4v) is 4.59. The number of hydrogen-bond acceptors (Lipinski definition) is 5. The Balaban J connectivity index is 1.52. The number of nitrogens with zero attached hydrogens (tertiary/aromatic N) is 1. The molecule has 1 aliphatic heterocycles. The first-order chi connectivity index (χ1) is 15.5. The monoisotopic (exact) mass is 478 g/mol. The van der Waals surface area contributed by atoms with E-state index in [1.165, 1.54) is 12.1 Å². The summed E-state index contributed by atoms with van der Waals surface area (Å²) in [5.41, 5.74) is 0.487. The van der Waals surface area contributed by atoms with Gasteiger partial charge >= 0.3 is 6.09 Å². The van der Waals surface area contributed by atoms with Gasteiger partial charge in [-0.15, -0.1) is 0 Å². The van der Waals surface area contributed by atoms with E-state index < -0.39 is 27.5 Å². The zero-order valence-corrected chi connectivity index (χ0v) is 20.0. The first-order valence-electron chi connectivity index (χ1n) is 11.0. The normalized spacial score (nSPS) is 15.6. The van der Waals surface area contributed by atoms with Crippen molar-refractivity contribution in [2.75, 3.05) is 19.6 Å². The molecule has 1 aliphatic rings. The van der Waals surface area contributed by atoms with E-state index >= 15 is 0 Å². The van der Waals surface area contributed by atoms with Gasteiger partial charge < -0.3 is 14.4 Å². The van der Waals surface area contributed by atoms with E-state index in [0.717, 1.165) is 23.4 Å². The lowest BCUT2D eigenvalue weighted by Gasteiger charge is -2.29. The second-order valence-corrected chi connectivity index (χ2v) is 10.8. The van der Waals surface area contributed by atoms with Crippen molar-refractivity contribution in [1.29, 1.82) is 0 Å². The number of fused-ring (bicyclic) bond motifs is 1. The maximum absolute atomic E-state index is 13.0. The third-order valence-electron chi connectivity index (χ3n) is 5.06. The summed E-state index contributed by atoms with van der Waals surface area (Å²) in [6, 6.07) is 12.5. The molecule has 7 nitrogen and oxygen atoms in total. The zero-order valence-electron chi connectivity index (χ0n) is 19.2. The average Bonchev–Trinajstić information content (AvgIpc) is 3.14. The number of ether oxygens (including phenoxy) is 2. The molecule has 0 saturated carbocycles. The van der Waals surface area contributed by atoms with E-state index in [2.05, 4.69) is 4.72 Å². The fourth-order valence-electron chi connectivity index (χ4n) is 3.52. The molecule has 0 aliphatic carbocycles. The van der Waals surface area contributed by atoms with Crippen molar-refractivity contribution in [2.45, 2.75) is 56.6 Å². The van der Waals surface area contributed by atoms with Crippen LogP contribution in [0.5, 0.6) is 5.75 Å². The van der Waals surface area contributed by atoms with Gasteiger partial charge in [-0.2, -0.15) is 0 Å². The largest absolute Gasteiger partial charge is 0.488 e. The number of rotatable bonds is 9. The second-order valence-electron chi connectivity index (χ2n) is 9.04. The van der Waals surface area contributed by atoms with Crippen molar-refractivity contribution >= 4 is 16.1 Å². The van der Waals surface area contributed by atoms with Gasteiger partial charge in [0.25, 0.3) is 0 Å². The van der Waals surface area contributed by atoms with Crippen LogP contribution in [0.3, 0.4) is 0 Å². The Morgan fingerprint density at radius 2 is 1.85 bits per heavy atom. The number of amides is 1. The number of unbranched alkanes of at least 4 members (excludes halogenated alkanes) is 1. The smallest absolute Gasteiger partial charge is 0.410 e. The third kappa shape index (κ3) is 7.43. The van der Waals surface area contributed by atoms with Gasteiger partial charge in [0.05, 0.1) is 11.4 Å². The van der Waals surface area contributed by atoms with Crippen LogP contribution in [0.4, 0.5) is 9.18 Å². The molecular weight excluding hydrogens is 447 g/mol. The minimum absolute atomic E-state index is 0.0113. The molecule has 0 bridgehead atoms. The molecular formula is C24H31FN2O5S. The van der Waals surface area contributed by atoms with Crippen LogP contribution in [0.15, 0.2) is 53.4 Å². The zero-order chi connectivity index (χ0) is 24.1. The Kier molecular flexibility index (Phi) is 7.97. The number of sulfonamides is 1. The molecule has 33 heavy (non-hydrogen) atoms. The van der Waals surface area contributed by atoms with Crippen molar-refractivity contribution in [3.8, 4) is 5.75 Å². The summed E-state index contributed by atoms with van der Waals surface area (Å²) in [6.45, 7) is 6.43. The number of hydrogen-bond donors (Lipinski definition) is 1. The quantitative estimate of drug-likeness (QED) is 0.548. The lowest BCUT2D eigenvalue weighted by atomic mass is 10.1. The summed E-state index contributed by atoms with van der Waals surface area (Å²) >= 11 is 0. The van der Waals surface area contributed by atoms with Crippen molar-refractivity contribution in [1.82, 2.24) is 9.62 Å². The Labute approximate surface area is 194 Å². The molecule has 3 rings (SSSR count). The highest BCUT2D eigenvalue weighted by atomic mass is 32.2. The fraction of sp³-hybridized carbons (Fsp3) is 0.458. The van der Waals surface area contributed by atoms with Crippen LogP contribution in [0.1, 0.15) is 39.2 Å². The van der Waals surface area contributed by atoms with Crippen molar-refractivity contribution < 1.29 is 27.1 Å². The number of benzene rings is 2. The van der Waals surface area contributed by atoms with Gasteiger partial charge in [-0.05, 0) is 69.5 Å². The number of nitrogens with one attached hydrogen (secondary N) is 1. The summed E-state index contributed by atoms with van der Waals surface area (Å²) in [4.78, 5) is 14.4. The number of carbonyl (C=O) groups excluding carboxylic acids is 1. The van der Waals surface area contributed by atoms with Gasteiger partial charge in [0.15, 0.2) is 0 Å². The molecule has 0 fully saturated rings. The predicted molar refractivity (Wildman–Crippen MR) is 123 cm³/mol. The molecule has 9 heteroatoms. The van der Waals surface area contributed by atoms with E-state index in [0.29, 0.717) is 32.4 Å². The van der Waals surface area contributed by atoms with Crippen LogP contribution in [-0.4, -0.2) is 50.8 Å². The van der Waals surface area contributed by atoms with Gasteiger partial charge in [-0.3, -0.25) is 0 Å². The van der Waals surface area contributed by atoms with Gasteiger partial charge in [0.2, 0.25) is 10.0 Å². The third-order valence-corrected chi connectivity index (χ3v) is 6.54. The Morgan fingerprint density at radius 1 is 1.15 bits per heavy atom. The second kappa shape index (κ2) is 10.5. The number of para-hydroxylation sites is 1. The summed E-state index contributed by atoms with van der Waals surface area (Å²) in [6.07, 6.45) is 1.23. The molecule has 0 spiro atoms. The lowest BCUT2D eigenvalue weighted by molar-refractivity contribution is 0.0179. The predicted octanol–water partition coefficient (Wildman–Crippen LogP) is 4.13. The topological polar surface area (TPSA) is 84.9 Å². The number of carbonyl (C=O) groups is 1. The maximum atomic E-state index is 13.0. The van der Waals surface area contributed by atoms with Gasteiger partial charge in [0.1, 0.15) is 23.3 Å². The van der Waals surface area contributed by atoms with Crippen LogP contribution in [0.25, 0.3) is 0 Å². The molecule has 2 aromatic carbocycles. The molecule has 0 radical (unpaired) electrons. The van der Waals surface area contributed by atoms with Crippen molar-refractivity contribution in [2.24, 2.45) is 0 Å². The van der Waals surface area contributed by atoms with Crippen molar-refractivity contribution in [3.05, 3.63) is 59.9 Å². The van der Waals surface area contributed by atoms with Gasteiger partial charge in [-0.1, -0.05) is 18.2 Å². The molecule has 1 N–H and O–H groups in total. The van der Waals surface area contributed by atoms with E-state index in [4.69, 9.17) is 9.47 Å². The summed E-state index contributed by atoms with van der Waals surface area (Å²) in [7, 11) is -3.71. The molecule has 1 unspecified atom stereocenters. The Hall–Kier alpha value is -2.65. The highest BCUT2D eigenvalue weighted by Crippen LogP contribution is 2.28. The SMILES string of the molecule is CC(C)(C)OC(=O)N(CCCCNS(=O)(=O)c1ccc(F)cc1)CC1Cc2ccccc2O1. The van der Waals surface area contributed by atoms with Crippen LogP contribution in [0.2, 0.25) is 0 Å². The lowest BCUT2D eigenvalue weighted by Crippen LogP contribution is -2.42. The highest BCUT2D eigenvalue weighted by Gasteiger charge is 2.29. The first-order valence-corrected chi connectivity index (χ1v) is 12.5. The minimum Gasteiger partial charge on any atom is -0.488 e. The molecule has 0 aromatic heterocycles. The van der Waals surface area contributed by atoms with Crippen molar-refractivity contribution in [3.63, 3.8) is 0 Å². The van der Waals surface area contributed by atoms with Crippen LogP contribution in [0, 0.1) is 5.82 Å². The maximum Gasteiger partial charge on any atom is 0.410 e. The minimum atomic E-state index is -3.71. The molecule has 180 valence electrons. The number of halogens is 1. The Morgan fingerprint density at radius 3 is 2.52 bits per heavy atom. The van der Waals surface area contributed by atoms with Gasteiger partial charge in [0, 0.05) is 19.5 Å². The molecule has 1 amide bonds. The van der Waals surface area contributed by atoms with E-state index in [1.807, 2.05) is 45.0 Å². The molecule has 2 aromatic rings. The van der Waals surface area contributed by atoms with Crippen LogP contribution in [-0.2, 0) is 21.2 Å². The van der Waals surface area contributed by atoms with Crippen LogP contribution < -0.4 is 9.46 Å². The molecule has 1 heterocycles. The van der Waals surface area contributed by atoms with E-state index in [-0.39, 0.29) is 17.5 Å². The van der Waals surface area contributed by atoms with E-state index in [1.54, 1.807) is 4.90 Å². The van der Waals surface area contributed by atoms with E-state index in [9.17, 15) is 17.6 Å². The van der Waals surface area contributed by atoms with Crippen LogP contribution >= 0.6 is 0 Å². The standard InChI is InChI=1S/C24H31FN2O5S/c1-24(2,3)32-23(28)27(17-20-16-18-8-4-5-9-22(18)31-20)15-7-6-14-26-33(29,30)21-12-10-19(25)11-13-21/h4-5,8-13,20,26H,6-7,14-17H2,1-3H3. The van der Waals surface area contributed by atoms with Gasteiger partial charge in [-0.25, -0.2) is 22.3 Å². The summed E-state index contributed by atoms with van der Waals surface area (Å²) in [5, 5.41) is 0. The summed E-state index contributed by atoms with van der Waals surface area (Å²) < 4.78 is 51.7. The summed E-state index contributed by atoms with van der Waals surface area (Å²) in [5.74, 6) is 0.340. The highest BCUT2D eigenvalue weighted by molar-refractivity contribution is 7.89. The first kappa shape index (κ1) is 25.0. The molecule has 0 saturated heterocycles. The average molecular weight is 479 g/mol. The Bertz CT molecular complexity index is 1030.